The van der Waals surface area contributed by atoms with Crippen LogP contribution in [0, 0.1) is 0 Å². The molecule has 0 radical (unpaired) electrons. The van der Waals surface area contributed by atoms with Crippen molar-refractivity contribution in [1.29, 1.82) is 0 Å². The van der Waals surface area contributed by atoms with Crippen molar-refractivity contribution in [3.05, 3.63) is 34.6 Å². The normalized spacial score (nSPS) is 14.8. The highest BCUT2D eigenvalue weighted by Gasteiger charge is 2.19. The molecule has 24 heavy (non-hydrogen) atoms. The summed E-state index contributed by atoms with van der Waals surface area (Å²) in [5.41, 5.74) is 0.883. The molecule has 3 rings (SSSR count). The van der Waals surface area contributed by atoms with Gasteiger partial charge in [-0.3, -0.25) is 4.79 Å². The molecule has 9 heteroatoms. The summed E-state index contributed by atoms with van der Waals surface area (Å²) in [6.07, 6.45) is 3.68. The number of hydrogen-bond donors (Lipinski definition) is 2. The molecule has 2 aromatic rings. The number of hydrogen-bond acceptors (Lipinski definition) is 5. The molecule has 2 N–H and O–H groups in total. The number of ether oxygens (including phenoxy) is 1. The van der Waals surface area contributed by atoms with Crippen LogP contribution in [0.3, 0.4) is 0 Å². The minimum Gasteiger partial charge on any atom is -0.495 e. The first-order valence-electron chi connectivity index (χ1n) is 7.45. The fourth-order valence-electron chi connectivity index (χ4n) is 2.59. The predicted molar refractivity (Wildman–Crippen MR) is 97.1 cm³/mol. The number of nitrogens with zero attached hydrogens (tertiary/aromatic N) is 3. The Balaban J connectivity index is 0.00000208. The molecule has 1 saturated heterocycles. The van der Waals surface area contributed by atoms with E-state index in [-0.39, 0.29) is 18.3 Å². The number of aromatic nitrogens is 3. The van der Waals surface area contributed by atoms with Gasteiger partial charge in [0.15, 0.2) is 5.69 Å². The minimum absolute atomic E-state index is 0. The number of piperidine rings is 1. The first kappa shape index (κ1) is 18.7. The van der Waals surface area contributed by atoms with Crippen LogP contribution >= 0.6 is 28.3 Å². The van der Waals surface area contributed by atoms with E-state index in [0.717, 1.165) is 30.4 Å². The average Bonchev–Trinajstić information content (AvgIpc) is 3.06. The SMILES string of the molecule is COc1ccc(Br)cc1NC(=O)c1cn(C2CCNCC2)nn1.Cl. The lowest BCUT2D eigenvalue weighted by Gasteiger charge is -2.22. The van der Waals surface area contributed by atoms with Gasteiger partial charge in [0.1, 0.15) is 5.75 Å². The Morgan fingerprint density at radius 3 is 2.88 bits per heavy atom. The van der Waals surface area contributed by atoms with Crippen LogP contribution in [0.2, 0.25) is 0 Å². The van der Waals surface area contributed by atoms with E-state index in [1.165, 1.54) is 0 Å². The van der Waals surface area contributed by atoms with Crippen molar-refractivity contribution in [2.45, 2.75) is 18.9 Å². The highest BCUT2D eigenvalue weighted by molar-refractivity contribution is 9.10. The molecule has 0 unspecified atom stereocenters. The number of nitrogens with one attached hydrogen (secondary N) is 2. The molecule has 7 nitrogen and oxygen atoms in total. The van der Waals surface area contributed by atoms with Gasteiger partial charge < -0.3 is 15.4 Å². The Labute approximate surface area is 154 Å². The molecule has 1 aliphatic heterocycles. The monoisotopic (exact) mass is 415 g/mol. The van der Waals surface area contributed by atoms with E-state index in [1.54, 1.807) is 30.1 Å². The molecular weight excluding hydrogens is 398 g/mol. The van der Waals surface area contributed by atoms with Gasteiger partial charge in [0.05, 0.1) is 25.0 Å². The zero-order chi connectivity index (χ0) is 16.2. The Morgan fingerprint density at radius 2 is 2.17 bits per heavy atom. The van der Waals surface area contributed by atoms with E-state index < -0.39 is 0 Å². The van der Waals surface area contributed by atoms with Crippen LogP contribution in [0.5, 0.6) is 5.75 Å². The van der Waals surface area contributed by atoms with Crippen molar-refractivity contribution in [2.75, 3.05) is 25.5 Å². The number of carbonyl (C=O) groups excluding carboxylic acids is 1. The summed E-state index contributed by atoms with van der Waals surface area (Å²) in [4.78, 5) is 12.4. The number of rotatable bonds is 4. The van der Waals surface area contributed by atoms with Crippen molar-refractivity contribution >= 4 is 39.9 Å². The van der Waals surface area contributed by atoms with Gasteiger partial charge in [-0.2, -0.15) is 0 Å². The van der Waals surface area contributed by atoms with Crippen LogP contribution < -0.4 is 15.4 Å². The standard InChI is InChI=1S/C15H18BrN5O2.ClH/c1-23-14-3-2-10(16)8-12(14)18-15(22)13-9-21(20-19-13)11-4-6-17-7-5-11;/h2-3,8-9,11,17H,4-7H2,1H3,(H,18,22);1H. The molecule has 1 aliphatic rings. The second-order valence-electron chi connectivity index (χ2n) is 5.36. The third kappa shape index (κ3) is 4.25. The van der Waals surface area contributed by atoms with Gasteiger partial charge >= 0.3 is 0 Å². The summed E-state index contributed by atoms with van der Waals surface area (Å²) in [6.45, 7) is 1.92. The summed E-state index contributed by atoms with van der Waals surface area (Å²) >= 11 is 3.38. The van der Waals surface area contributed by atoms with E-state index >= 15 is 0 Å². The smallest absolute Gasteiger partial charge is 0.277 e. The zero-order valence-corrected chi connectivity index (χ0v) is 15.6. The molecule has 1 aromatic carbocycles. The number of halogens is 2. The van der Waals surface area contributed by atoms with Crippen molar-refractivity contribution < 1.29 is 9.53 Å². The number of benzene rings is 1. The van der Waals surface area contributed by atoms with Crippen molar-refractivity contribution in [3.63, 3.8) is 0 Å². The molecule has 2 heterocycles. The van der Waals surface area contributed by atoms with Gasteiger partial charge in [0, 0.05) is 4.47 Å². The van der Waals surface area contributed by atoms with Gasteiger partial charge in [-0.25, -0.2) is 4.68 Å². The summed E-state index contributed by atoms with van der Waals surface area (Å²) < 4.78 is 7.89. The number of anilines is 1. The van der Waals surface area contributed by atoms with Crippen LogP contribution in [-0.4, -0.2) is 41.1 Å². The van der Waals surface area contributed by atoms with Gasteiger partial charge in [-0.15, -0.1) is 17.5 Å². The molecule has 0 bridgehead atoms. The largest absolute Gasteiger partial charge is 0.495 e. The van der Waals surface area contributed by atoms with E-state index in [9.17, 15) is 4.79 Å². The maximum atomic E-state index is 12.4. The van der Waals surface area contributed by atoms with Crippen LogP contribution in [0.25, 0.3) is 0 Å². The molecule has 1 aromatic heterocycles. The van der Waals surface area contributed by atoms with Gasteiger partial charge in [-0.1, -0.05) is 21.1 Å². The Kier molecular flexibility index (Phi) is 6.59. The fraction of sp³-hybridized carbons (Fsp3) is 0.400. The number of amides is 1. The molecule has 0 atom stereocenters. The molecular formula is C15H19BrClN5O2. The second kappa shape index (κ2) is 8.46. The molecule has 0 spiro atoms. The van der Waals surface area contributed by atoms with Crippen LogP contribution in [0.1, 0.15) is 29.4 Å². The van der Waals surface area contributed by atoms with E-state index in [1.807, 2.05) is 6.07 Å². The lowest BCUT2D eigenvalue weighted by atomic mass is 10.1. The number of carbonyl (C=O) groups is 1. The quantitative estimate of drug-likeness (QED) is 0.801. The Hall–Kier alpha value is -1.64. The molecule has 1 amide bonds. The zero-order valence-electron chi connectivity index (χ0n) is 13.2. The summed E-state index contributed by atoms with van der Waals surface area (Å²) in [6, 6.07) is 5.72. The highest BCUT2D eigenvalue weighted by atomic mass is 79.9. The average molecular weight is 417 g/mol. The van der Waals surface area contributed by atoms with E-state index in [2.05, 4.69) is 36.9 Å². The molecule has 1 fully saturated rings. The minimum atomic E-state index is -0.304. The fourth-order valence-corrected chi connectivity index (χ4v) is 2.96. The summed E-state index contributed by atoms with van der Waals surface area (Å²) in [5, 5.41) is 14.2. The second-order valence-corrected chi connectivity index (χ2v) is 6.28. The molecule has 0 saturated carbocycles. The lowest BCUT2D eigenvalue weighted by molar-refractivity contribution is 0.102. The maximum absolute atomic E-state index is 12.4. The molecule has 0 aliphatic carbocycles. The van der Waals surface area contributed by atoms with Crippen molar-refractivity contribution in [3.8, 4) is 5.75 Å². The predicted octanol–water partition coefficient (Wildman–Crippen LogP) is 2.65. The van der Waals surface area contributed by atoms with Gasteiger partial charge in [0.2, 0.25) is 0 Å². The third-order valence-electron chi connectivity index (χ3n) is 3.84. The first-order valence-corrected chi connectivity index (χ1v) is 8.24. The third-order valence-corrected chi connectivity index (χ3v) is 4.33. The highest BCUT2D eigenvalue weighted by Crippen LogP contribution is 2.28. The number of methoxy groups -OCH3 is 1. The lowest BCUT2D eigenvalue weighted by Crippen LogP contribution is -2.29. The van der Waals surface area contributed by atoms with E-state index in [0.29, 0.717) is 23.2 Å². The maximum Gasteiger partial charge on any atom is 0.277 e. The van der Waals surface area contributed by atoms with Crippen LogP contribution in [-0.2, 0) is 0 Å². The molecule has 130 valence electrons. The van der Waals surface area contributed by atoms with Gasteiger partial charge in [0.25, 0.3) is 5.91 Å². The summed E-state index contributed by atoms with van der Waals surface area (Å²) in [5.74, 6) is 0.286. The van der Waals surface area contributed by atoms with Crippen LogP contribution in [0.4, 0.5) is 5.69 Å². The van der Waals surface area contributed by atoms with Crippen molar-refractivity contribution in [2.24, 2.45) is 0 Å². The van der Waals surface area contributed by atoms with Gasteiger partial charge in [-0.05, 0) is 44.1 Å². The summed E-state index contributed by atoms with van der Waals surface area (Å²) in [7, 11) is 1.56. The van der Waals surface area contributed by atoms with Crippen molar-refractivity contribution in [1.82, 2.24) is 20.3 Å². The topological polar surface area (TPSA) is 81.1 Å². The van der Waals surface area contributed by atoms with Crippen LogP contribution in [0.15, 0.2) is 28.9 Å². The Bertz CT molecular complexity index is 703. The van der Waals surface area contributed by atoms with E-state index in [4.69, 9.17) is 4.74 Å². The first-order chi connectivity index (χ1) is 11.2. The Morgan fingerprint density at radius 1 is 1.42 bits per heavy atom.